The summed E-state index contributed by atoms with van der Waals surface area (Å²) in [5.41, 5.74) is 6.84. The number of halogens is 2. The van der Waals surface area contributed by atoms with E-state index in [2.05, 4.69) is 36.6 Å². The first kappa shape index (κ1) is 38.3. The number of methoxy groups -OCH3 is 1. The topological polar surface area (TPSA) is 72.7 Å². The Kier molecular flexibility index (Phi) is 12.4. The van der Waals surface area contributed by atoms with Crippen LogP contribution in [0.15, 0.2) is 60.5 Å². The fraction of sp³-hybridized carbons (Fsp3) is 0.405. The predicted octanol–water partition coefficient (Wildman–Crippen LogP) is 9.11. The molecular formula is C42H49F2N5O3S. The van der Waals surface area contributed by atoms with Crippen LogP contribution in [0.4, 0.5) is 8.78 Å². The molecule has 2 aliphatic rings. The lowest BCUT2D eigenvalue weighted by atomic mass is 9.94. The van der Waals surface area contributed by atoms with Crippen LogP contribution in [0, 0.1) is 11.6 Å². The summed E-state index contributed by atoms with van der Waals surface area (Å²) in [6, 6.07) is 12.4. The van der Waals surface area contributed by atoms with E-state index in [-0.39, 0.29) is 36.5 Å². The minimum atomic E-state index is -0.759. The standard InChI is InChI=1S/C40H43F2N5O3S.C2H6/c1-5-7-13-45-14-10-26-8-9-28(21-27(26)11-15-45)38-30-12-20-51-40(30)37(36-31(42)22-29(41)23-34(36)50-19-18-49-4)39(43-38)32-24-33-25(3)46(35(48)6-2)16-17-47(33)44-32;1-2/h6,8-9,12,20-25H,2,5,7,10-11,13-19H2,1,3-4H3;1-2H3/t25-;/m1./s1. The lowest BCUT2D eigenvalue weighted by Crippen LogP contribution is -2.40. The van der Waals surface area contributed by atoms with Crippen molar-refractivity contribution in [3.63, 3.8) is 0 Å². The highest BCUT2D eigenvalue weighted by molar-refractivity contribution is 7.18. The number of aromatic nitrogens is 3. The van der Waals surface area contributed by atoms with Gasteiger partial charge in [-0.15, -0.1) is 11.3 Å². The van der Waals surface area contributed by atoms with Crippen LogP contribution < -0.4 is 4.74 Å². The van der Waals surface area contributed by atoms with Gasteiger partial charge in [0.05, 0.1) is 36.1 Å². The van der Waals surface area contributed by atoms with Crippen LogP contribution >= 0.6 is 11.3 Å². The summed E-state index contributed by atoms with van der Waals surface area (Å²) in [6.07, 6.45) is 5.67. The Morgan fingerprint density at radius 2 is 1.79 bits per heavy atom. The van der Waals surface area contributed by atoms with Crippen molar-refractivity contribution >= 4 is 27.3 Å². The third kappa shape index (κ3) is 7.79. The van der Waals surface area contributed by atoms with Gasteiger partial charge in [-0.3, -0.25) is 9.48 Å². The molecule has 0 fully saturated rings. The molecule has 0 saturated heterocycles. The molecule has 0 radical (unpaired) electrons. The maximum Gasteiger partial charge on any atom is 0.246 e. The molecule has 1 amide bonds. The first-order valence-corrected chi connectivity index (χ1v) is 19.6. The van der Waals surface area contributed by atoms with Gasteiger partial charge in [0.15, 0.2) is 0 Å². The number of nitrogens with zero attached hydrogens (tertiary/aromatic N) is 5. The zero-order valence-corrected chi connectivity index (χ0v) is 32.2. The van der Waals surface area contributed by atoms with E-state index >= 15 is 4.39 Å². The zero-order chi connectivity index (χ0) is 37.6. The highest BCUT2D eigenvalue weighted by Crippen LogP contribution is 2.47. The summed E-state index contributed by atoms with van der Waals surface area (Å²) in [4.78, 5) is 22.3. The molecule has 0 saturated carbocycles. The van der Waals surface area contributed by atoms with Crippen LogP contribution in [-0.4, -0.2) is 77.0 Å². The van der Waals surface area contributed by atoms with E-state index < -0.39 is 11.6 Å². The van der Waals surface area contributed by atoms with E-state index in [1.807, 2.05) is 43.0 Å². The predicted molar refractivity (Wildman–Crippen MR) is 209 cm³/mol. The number of thiophene rings is 1. The van der Waals surface area contributed by atoms with Crippen molar-refractivity contribution in [1.82, 2.24) is 24.6 Å². The largest absolute Gasteiger partial charge is 0.490 e. The zero-order valence-electron chi connectivity index (χ0n) is 31.4. The van der Waals surface area contributed by atoms with E-state index in [9.17, 15) is 9.18 Å². The number of fused-ring (bicyclic) bond motifs is 3. The molecule has 11 heteroatoms. The number of carbonyl (C=O) groups excluding carboxylic acids is 1. The Morgan fingerprint density at radius 1 is 1.00 bits per heavy atom. The highest BCUT2D eigenvalue weighted by Gasteiger charge is 2.31. The molecule has 0 spiro atoms. The van der Waals surface area contributed by atoms with E-state index in [1.165, 1.54) is 47.4 Å². The number of hydrogen-bond donors (Lipinski definition) is 0. The van der Waals surface area contributed by atoms with Gasteiger partial charge >= 0.3 is 0 Å². The molecule has 1 atom stereocenters. The van der Waals surface area contributed by atoms with Crippen LogP contribution in [0.2, 0.25) is 0 Å². The number of ether oxygens (including phenoxy) is 2. The Bertz CT molecular complexity index is 2090. The van der Waals surface area contributed by atoms with Gasteiger partial charge in [-0.2, -0.15) is 5.10 Å². The van der Waals surface area contributed by atoms with Crippen molar-refractivity contribution < 1.29 is 23.0 Å². The molecule has 5 aromatic rings. The van der Waals surface area contributed by atoms with E-state index in [0.717, 1.165) is 65.6 Å². The Labute approximate surface area is 315 Å². The first-order chi connectivity index (χ1) is 25.8. The van der Waals surface area contributed by atoms with Crippen molar-refractivity contribution in [2.45, 2.75) is 66.0 Å². The highest BCUT2D eigenvalue weighted by atomic mass is 32.1. The molecule has 7 rings (SSSR count). The van der Waals surface area contributed by atoms with Crippen LogP contribution in [-0.2, 0) is 28.9 Å². The van der Waals surface area contributed by atoms with Crippen LogP contribution in [0.1, 0.15) is 63.4 Å². The second-order valence-electron chi connectivity index (χ2n) is 13.2. The Morgan fingerprint density at radius 3 is 2.55 bits per heavy atom. The minimum absolute atomic E-state index is 0.0628. The number of carbonyl (C=O) groups is 1. The number of benzene rings is 2. The number of rotatable bonds is 11. The lowest BCUT2D eigenvalue weighted by molar-refractivity contribution is -0.129. The Hall–Kier alpha value is -4.45. The van der Waals surface area contributed by atoms with Crippen molar-refractivity contribution in [1.29, 1.82) is 0 Å². The second-order valence-corrected chi connectivity index (χ2v) is 14.1. The van der Waals surface area contributed by atoms with Crippen molar-refractivity contribution in [3.8, 4) is 39.5 Å². The quantitative estimate of drug-likeness (QED) is 0.0994. The molecule has 8 nitrogen and oxygen atoms in total. The average Bonchev–Trinajstić information content (AvgIpc) is 3.79. The normalized spacial score (nSPS) is 15.7. The molecule has 3 aromatic heterocycles. The van der Waals surface area contributed by atoms with E-state index in [1.54, 1.807) is 12.0 Å². The van der Waals surface area contributed by atoms with Gasteiger partial charge in [0.1, 0.15) is 35.4 Å². The van der Waals surface area contributed by atoms with Gasteiger partial charge < -0.3 is 19.3 Å². The van der Waals surface area contributed by atoms with Gasteiger partial charge in [0, 0.05) is 60.1 Å². The van der Waals surface area contributed by atoms with Gasteiger partial charge in [-0.25, -0.2) is 13.8 Å². The fourth-order valence-electron chi connectivity index (χ4n) is 7.36. The second kappa shape index (κ2) is 17.1. The maximum atomic E-state index is 16.2. The molecule has 5 heterocycles. The summed E-state index contributed by atoms with van der Waals surface area (Å²) >= 11 is 1.47. The third-order valence-corrected chi connectivity index (χ3v) is 11.0. The molecule has 0 N–H and O–H groups in total. The summed E-state index contributed by atoms with van der Waals surface area (Å²) < 4.78 is 44.8. The van der Waals surface area contributed by atoms with Gasteiger partial charge in [-0.05, 0) is 73.5 Å². The van der Waals surface area contributed by atoms with Gasteiger partial charge in [0.25, 0.3) is 0 Å². The van der Waals surface area contributed by atoms with Crippen LogP contribution in [0.3, 0.4) is 0 Å². The summed E-state index contributed by atoms with van der Waals surface area (Å²) in [5, 5.41) is 7.84. The summed E-state index contributed by atoms with van der Waals surface area (Å²) in [6.45, 7) is 16.4. The SMILES string of the molecule is C=CC(=O)N1CCn2nc(-c3nc(-c4ccc5c(c4)CCN(CCCC)CC5)c4ccsc4c3-c3c(F)cc(F)cc3OCCOC)cc2[C@H]1C.CC. The molecular weight excluding hydrogens is 693 g/mol. The third-order valence-electron chi connectivity index (χ3n) is 10.1. The molecule has 0 aliphatic carbocycles. The summed E-state index contributed by atoms with van der Waals surface area (Å²) in [5.74, 6) is -1.59. The van der Waals surface area contributed by atoms with E-state index in [0.29, 0.717) is 30.0 Å². The van der Waals surface area contributed by atoms with E-state index in [4.69, 9.17) is 19.6 Å². The van der Waals surface area contributed by atoms with Crippen molar-refractivity contribution in [3.05, 3.63) is 89.0 Å². The van der Waals surface area contributed by atoms with Crippen molar-refractivity contribution in [2.75, 3.05) is 46.5 Å². The number of pyridine rings is 1. The molecule has 0 unspecified atom stereocenters. The monoisotopic (exact) mass is 741 g/mol. The summed E-state index contributed by atoms with van der Waals surface area (Å²) in [7, 11) is 1.54. The fourth-order valence-corrected chi connectivity index (χ4v) is 8.31. The number of hydrogen-bond acceptors (Lipinski definition) is 7. The average molecular weight is 742 g/mol. The first-order valence-electron chi connectivity index (χ1n) is 18.7. The number of amides is 1. The van der Waals surface area contributed by atoms with Crippen LogP contribution in [0.5, 0.6) is 5.75 Å². The smallest absolute Gasteiger partial charge is 0.246 e. The van der Waals surface area contributed by atoms with Gasteiger partial charge in [-0.1, -0.05) is 45.9 Å². The maximum absolute atomic E-state index is 16.2. The van der Waals surface area contributed by atoms with Gasteiger partial charge in [0.2, 0.25) is 5.91 Å². The molecule has 53 heavy (non-hydrogen) atoms. The van der Waals surface area contributed by atoms with Crippen molar-refractivity contribution in [2.24, 2.45) is 0 Å². The molecule has 280 valence electrons. The van der Waals surface area contributed by atoms with Crippen LogP contribution in [0.25, 0.3) is 43.9 Å². The number of unbranched alkanes of at least 4 members (excludes halogenated alkanes) is 1. The lowest BCUT2D eigenvalue weighted by Gasteiger charge is -2.33. The molecule has 2 aromatic carbocycles. The molecule has 2 aliphatic heterocycles. The molecule has 0 bridgehead atoms. The Balaban J connectivity index is 0.00000236. The minimum Gasteiger partial charge on any atom is -0.490 e.